The standard InChI is InChI=1S/C12H23NO4/c1-8(2)9(3)6-10(14)13-12(4,7-17-5)11(15)16/h8-9H,6-7H2,1-5H3,(H,13,14)(H,15,16). The van der Waals surface area contributed by atoms with Crippen molar-refractivity contribution in [3.63, 3.8) is 0 Å². The minimum Gasteiger partial charge on any atom is -0.479 e. The van der Waals surface area contributed by atoms with Gasteiger partial charge in [0.15, 0.2) is 5.54 Å². The lowest BCUT2D eigenvalue weighted by Crippen LogP contribution is -2.55. The van der Waals surface area contributed by atoms with Gasteiger partial charge in [-0.2, -0.15) is 0 Å². The normalized spacial score (nSPS) is 16.4. The van der Waals surface area contributed by atoms with Crippen molar-refractivity contribution in [1.82, 2.24) is 5.32 Å². The van der Waals surface area contributed by atoms with Gasteiger partial charge in [0.25, 0.3) is 0 Å². The van der Waals surface area contributed by atoms with Crippen LogP contribution in [-0.2, 0) is 14.3 Å². The summed E-state index contributed by atoms with van der Waals surface area (Å²) in [5.41, 5.74) is -1.36. The van der Waals surface area contributed by atoms with Crippen LogP contribution in [0.4, 0.5) is 0 Å². The number of carboxylic acid groups (broad SMARTS) is 1. The second kappa shape index (κ2) is 6.59. The van der Waals surface area contributed by atoms with Gasteiger partial charge in [0.1, 0.15) is 0 Å². The minimum atomic E-state index is -1.36. The van der Waals surface area contributed by atoms with Crippen LogP contribution in [-0.4, -0.2) is 36.2 Å². The van der Waals surface area contributed by atoms with Crippen molar-refractivity contribution in [1.29, 1.82) is 0 Å². The first kappa shape index (κ1) is 15.9. The number of carbonyl (C=O) groups is 2. The fourth-order valence-electron chi connectivity index (χ4n) is 1.33. The number of carbonyl (C=O) groups excluding carboxylic acids is 1. The van der Waals surface area contributed by atoms with E-state index in [1.165, 1.54) is 14.0 Å². The molecule has 0 fully saturated rings. The van der Waals surface area contributed by atoms with Crippen LogP contribution < -0.4 is 5.32 Å². The maximum atomic E-state index is 11.7. The van der Waals surface area contributed by atoms with Gasteiger partial charge in [-0.05, 0) is 18.8 Å². The summed E-state index contributed by atoms with van der Waals surface area (Å²) >= 11 is 0. The fraction of sp³-hybridized carbons (Fsp3) is 0.833. The maximum absolute atomic E-state index is 11.7. The topological polar surface area (TPSA) is 75.6 Å². The van der Waals surface area contributed by atoms with Crippen LogP contribution >= 0.6 is 0 Å². The van der Waals surface area contributed by atoms with Gasteiger partial charge in [-0.3, -0.25) is 4.79 Å². The van der Waals surface area contributed by atoms with E-state index in [1.807, 2.05) is 20.8 Å². The molecule has 2 N–H and O–H groups in total. The lowest BCUT2D eigenvalue weighted by atomic mass is 9.93. The molecular weight excluding hydrogens is 222 g/mol. The highest BCUT2D eigenvalue weighted by Gasteiger charge is 2.35. The first-order valence-corrected chi connectivity index (χ1v) is 5.76. The molecule has 0 bridgehead atoms. The van der Waals surface area contributed by atoms with Gasteiger partial charge < -0.3 is 15.2 Å². The van der Waals surface area contributed by atoms with E-state index in [-0.39, 0.29) is 18.4 Å². The summed E-state index contributed by atoms with van der Waals surface area (Å²) in [6.45, 7) is 7.42. The van der Waals surface area contributed by atoms with Crippen LogP contribution in [0.25, 0.3) is 0 Å². The van der Waals surface area contributed by atoms with Crippen LogP contribution in [0.1, 0.15) is 34.1 Å². The molecule has 0 saturated carbocycles. The Morgan fingerprint density at radius 3 is 2.24 bits per heavy atom. The van der Waals surface area contributed by atoms with Gasteiger partial charge >= 0.3 is 5.97 Å². The second-order valence-corrected chi connectivity index (χ2v) is 5.04. The number of carboxylic acids is 1. The Kier molecular flexibility index (Phi) is 6.16. The van der Waals surface area contributed by atoms with Crippen molar-refractivity contribution in [2.75, 3.05) is 13.7 Å². The predicted octanol–water partition coefficient (Wildman–Crippen LogP) is 1.27. The molecule has 0 heterocycles. The Balaban J connectivity index is 4.47. The summed E-state index contributed by atoms with van der Waals surface area (Å²) in [6, 6.07) is 0. The first-order valence-electron chi connectivity index (χ1n) is 5.76. The van der Waals surface area contributed by atoms with Gasteiger partial charge in [-0.1, -0.05) is 20.8 Å². The quantitative estimate of drug-likeness (QED) is 0.708. The number of ether oxygens (including phenoxy) is 1. The fourth-order valence-corrected chi connectivity index (χ4v) is 1.33. The molecule has 2 unspecified atom stereocenters. The Bertz CT molecular complexity index is 278. The Hall–Kier alpha value is -1.10. The lowest BCUT2D eigenvalue weighted by molar-refractivity contribution is -0.149. The van der Waals surface area contributed by atoms with Crippen molar-refractivity contribution < 1.29 is 19.4 Å². The van der Waals surface area contributed by atoms with Crippen molar-refractivity contribution in [3.05, 3.63) is 0 Å². The van der Waals surface area contributed by atoms with E-state index >= 15 is 0 Å². The lowest BCUT2D eigenvalue weighted by Gasteiger charge is -2.26. The van der Waals surface area contributed by atoms with E-state index in [0.717, 1.165) is 0 Å². The molecule has 0 saturated heterocycles. The summed E-state index contributed by atoms with van der Waals surface area (Å²) in [4.78, 5) is 22.8. The third kappa shape index (κ3) is 5.17. The summed E-state index contributed by atoms with van der Waals surface area (Å²) in [6.07, 6.45) is 0.324. The molecule has 0 aliphatic heterocycles. The monoisotopic (exact) mass is 245 g/mol. The van der Waals surface area contributed by atoms with E-state index < -0.39 is 11.5 Å². The summed E-state index contributed by atoms with van der Waals surface area (Å²) in [7, 11) is 1.41. The number of nitrogens with one attached hydrogen (secondary N) is 1. The molecule has 1 amide bonds. The third-order valence-electron chi connectivity index (χ3n) is 2.97. The smallest absolute Gasteiger partial charge is 0.331 e. The van der Waals surface area contributed by atoms with E-state index in [9.17, 15) is 9.59 Å². The van der Waals surface area contributed by atoms with Gasteiger partial charge in [0.2, 0.25) is 5.91 Å². The van der Waals surface area contributed by atoms with E-state index in [2.05, 4.69) is 5.32 Å². The van der Waals surface area contributed by atoms with Crippen LogP contribution in [0.2, 0.25) is 0 Å². The predicted molar refractivity (Wildman–Crippen MR) is 64.7 cm³/mol. The maximum Gasteiger partial charge on any atom is 0.331 e. The largest absolute Gasteiger partial charge is 0.479 e. The van der Waals surface area contributed by atoms with Crippen molar-refractivity contribution in [3.8, 4) is 0 Å². The van der Waals surface area contributed by atoms with Gasteiger partial charge in [0.05, 0.1) is 6.61 Å². The summed E-state index contributed by atoms with van der Waals surface area (Å²) in [5.74, 6) is -0.743. The average Bonchev–Trinajstić information content (AvgIpc) is 2.16. The van der Waals surface area contributed by atoms with Crippen molar-refractivity contribution in [2.45, 2.75) is 39.7 Å². The highest BCUT2D eigenvalue weighted by Crippen LogP contribution is 2.15. The highest BCUT2D eigenvalue weighted by atomic mass is 16.5. The molecule has 17 heavy (non-hydrogen) atoms. The van der Waals surface area contributed by atoms with Crippen LogP contribution in [0.5, 0.6) is 0 Å². The van der Waals surface area contributed by atoms with E-state index in [0.29, 0.717) is 12.3 Å². The third-order valence-corrected chi connectivity index (χ3v) is 2.97. The molecule has 0 rings (SSSR count). The number of amides is 1. The summed E-state index contributed by atoms with van der Waals surface area (Å²) < 4.78 is 4.83. The number of hydrogen-bond acceptors (Lipinski definition) is 3. The molecule has 0 aliphatic rings. The Morgan fingerprint density at radius 2 is 1.88 bits per heavy atom. The molecule has 0 radical (unpaired) electrons. The van der Waals surface area contributed by atoms with Gasteiger partial charge in [0, 0.05) is 13.5 Å². The van der Waals surface area contributed by atoms with Crippen molar-refractivity contribution >= 4 is 11.9 Å². The number of hydrogen-bond donors (Lipinski definition) is 2. The molecule has 0 aromatic heterocycles. The second-order valence-electron chi connectivity index (χ2n) is 5.04. The first-order chi connectivity index (χ1) is 7.73. The number of methoxy groups -OCH3 is 1. The van der Waals surface area contributed by atoms with Crippen LogP contribution in [0.3, 0.4) is 0 Å². The zero-order valence-corrected chi connectivity index (χ0v) is 11.2. The molecule has 0 aliphatic carbocycles. The van der Waals surface area contributed by atoms with Crippen LogP contribution in [0, 0.1) is 11.8 Å². The number of aliphatic carboxylic acids is 1. The molecule has 5 heteroatoms. The molecule has 0 spiro atoms. The summed E-state index contributed by atoms with van der Waals surface area (Å²) in [5, 5.41) is 11.6. The van der Waals surface area contributed by atoms with E-state index in [4.69, 9.17) is 9.84 Å². The van der Waals surface area contributed by atoms with Gasteiger partial charge in [-0.15, -0.1) is 0 Å². The molecule has 2 atom stereocenters. The van der Waals surface area contributed by atoms with Crippen molar-refractivity contribution in [2.24, 2.45) is 11.8 Å². The molecule has 100 valence electrons. The Labute approximate surface area is 103 Å². The SMILES string of the molecule is COCC(C)(NC(=O)CC(C)C(C)C)C(=O)O. The van der Waals surface area contributed by atoms with E-state index in [1.54, 1.807) is 0 Å². The van der Waals surface area contributed by atoms with Crippen LogP contribution in [0.15, 0.2) is 0 Å². The number of rotatable bonds is 7. The molecule has 0 aromatic rings. The van der Waals surface area contributed by atoms with Gasteiger partial charge in [-0.25, -0.2) is 4.79 Å². The average molecular weight is 245 g/mol. The highest BCUT2D eigenvalue weighted by molar-refractivity contribution is 5.86. The zero-order valence-electron chi connectivity index (χ0n) is 11.2. The Morgan fingerprint density at radius 1 is 1.35 bits per heavy atom. The molecule has 5 nitrogen and oxygen atoms in total. The molecular formula is C12H23NO4. The molecule has 0 aromatic carbocycles. The zero-order chi connectivity index (χ0) is 13.6. The minimum absolute atomic E-state index is 0.0515.